The van der Waals surface area contributed by atoms with Gasteiger partial charge in [-0.15, -0.1) is 10.2 Å². The van der Waals surface area contributed by atoms with Crippen LogP contribution in [0, 0.1) is 18.3 Å². The van der Waals surface area contributed by atoms with E-state index in [0.29, 0.717) is 28.7 Å². The highest BCUT2D eigenvalue weighted by molar-refractivity contribution is 6.01. The van der Waals surface area contributed by atoms with Crippen LogP contribution in [0.3, 0.4) is 0 Å². The van der Waals surface area contributed by atoms with E-state index in [1.165, 1.54) is 0 Å². The number of nitrogens with zero attached hydrogens (tertiary/aromatic N) is 4. The van der Waals surface area contributed by atoms with Crippen molar-refractivity contribution in [1.82, 2.24) is 15.1 Å². The molecule has 6 heteroatoms. The Hall–Kier alpha value is -3.17. The summed E-state index contributed by atoms with van der Waals surface area (Å²) in [5.41, 5.74) is 2.80. The number of aryl methyl sites for hydroxylation is 1. The molecule has 0 bridgehead atoms. The molecule has 1 aromatic heterocycles. The van der Waals surface area contributed by atoms with Crippen LogP contribution in [0.4, 0.5) is 5.82 Å². The number of piperidine rings is 1. The Morgan fingerprint density at radius 1 is 1.18 bits per heavy atom. The highest BCUT2D eigenvalue weighted by atomic mass is 16.3. The molecular weight excluding hydrogens is 350 g/mol. The normalized spacial score (nSPS) is 17.4. The first kappa shape index (κ1) is 18.2. The average molecular weight is 373 g/mol. The number of hydrogen-bond acceptors (Lipinski definition) is 6. The van der Waals surface area contributed by atoms with Crippen LogP contribution in [-0.4, -0.2) is 46.4 Å². The molecule has 1 aliphatic heterocycles. The van der Waals surface area contributed by atoms with Gasteiger partial charge in [0, 0.05) is 28.9 Å². The van der Waals surface area contributed by atoms with Gasteiger partial charge in [-0.05, 0) is 63.2 Å². The monoisotopic (exact) mass is 373 g/mol. The molecule has 0 radical (unpaired) electrons. The molecule has 28 heavy (non-hydrogen) atoms. The summed E-state index contributed by atoms with van der Waals surface area (Å²) in [4.78, 5) is 2.30. The number of fused-ring (bicyclic) bond motifs is 1. The Labute approximate surface area is 164 Å². The molecule has 4 rings (SSSR count). The Morgan fingerprint density at radius 3 is 2.79 bits per heavy atom. The van der Waals surface area contributed by atoms with Crippen molar-refractivity contribution in [3.8, 4) is 23.1 Å². The predicted octanol–water partition coefficient (Wildman–Crippen LogP) is 3.69. The second kappa shape index (κ2) is 7.45. The van der Waals surface area contributed by atoms with E-state index in [9.17, 15) is 10.4 Å². The number of phenols is 1. The van der Waals surface area contributed by atoms with Crippen LogP contribution >= 0.6 is 0 Å². The molecule has 2 N–H and O–H groups in total. The number of aromatic hydroxyl groups is 1. The van der Waals surface area contributed by atoms with Gasteiger partial charge in [0.2, 0.25) is 0 Å². The van der Waals surface area contributed by atoms with Crippen molar-refractivity contribution in [2.75, 3.05) is 25.5 Å². The molecule has 1 aliphatic rings. The van der Waals surface area contributed by atoms with Crippen molar-refractivity contribution >= 4 is 16.6 Å². The molecule has 0 spiro atoms. The third kappa shape index (κ3) is 3.49. The van der Waals surface area contributed by atoms with Crippen LogP contribution in [0.5, 0.6) is 5.75 Å². The van der Waals surface area contributed by atoms with Gasteiger partial charge in [0.05, 0.1) is 11.6 Å². The predicted molar refractivity (Wildman–Crippen MR) is 110 cm³/mol. The average Bonchev–Trinajstić information content (AvgIpc) is 2.68. The molecule has 142 valence electrons. The fourth-order valence-electron chi connectivity index (χ4n) is 3.85. The van der Waals surface area contributed by atoms with E-state index in [4.69, 9.17) is 0 Å². The highest BCUT2D eigenvalue weighted by Gasteiger charge is 2.20. The van der Waals surface area contributed by atoms with Crippen LogP contribution in [-0.2, 0) is 0 Å². The lowest BCUT2D eigenvalue weighted by Gasteiger charge is -2.30. The summed E-state index contributed by atoms with van der Waals surface area (Å²) < 4.78 is 0. The van der Waals surface area contributed by atoms with Crippen molar-refractivity contribution in [2.45, 2.75) is 25.8 Å². The third-order valence-electron chi connectivity index (χ3n) is 5.28. The summed E-state index contributed by atoms with van der Waals surface area (Å²) in [7, 11) is 2.12. The second-order valence-electron chi connectivity index (χ2n) is 7.54. The van der Waals surface area contributed by atoms with Crippen molar-refractivity contribution in [3.63, 3.8) is 0 Å². The van der Waals surface area contributed by atoms with Crippen LogP contribution < -0.4 is 5.32 Å². The van der Waals surface area contributed by atoms with Gasteiger partial charge in [-0.25, -0.2) is 0 Å². The SMILES string of the molecule is Cc1ccc(-c2nnc(N[C@@H]3CCCN(C)C3)c3cc(C#N)ccc23)c(O)c1. The van der Waals surface area contributed by atoms with Crippen LogP contribution in [0.2, 0.25) is 0 Å². The first-order chi connectivity index (χ1) is 13.5. The molecule has 1 atom stereocenters. The number of nitrogens with one attached hydrogen (secondary N) is 1. The third-order valence-corrected chi connectivity index (χ3v) is 5.28. The summed E-state index contributed by atoms with van der Waals surface area (Å²) in [6.45, 7) is 3.98. The topological polar surface area (TPSA) is 85.1 Å². The Kier molecular flexibility index (Phi) is 4.84. The van der Waals surface area contributed by atoms with Gasteiger partial charge < -0.3 is 15.3 Å². The van der Waals surface area contributed by atoms with Gasteiger partial charge in [0.1, 0.15) is 11.4 Å². The van der Waals surface area contributed by atoms with Crippen molar-refractivity contribution < 1.29 is 5.11 Å². The molecule has 2 aromatic carbocycles. The molecule has 1 saturated heterocycles. The smallest absolute Gasteiger partial charge is 0.156 e. The Bertz CT molecular complexity index is 1070. The second-order valence-corrected chi connectivity index (χ2v) is 7.54. The zero-order chi connectivity index (χ0) is 19.7. The lowest BCUT2D eigenvalue weighted by Crippen LogP contribution is -2.40. The summed E-state index contributed by atoms with van der Waals surface area (Å²) in [5, 5.41) is 33.9. The van der Waals surface area contributed by atoms with E-state index in [0.717, 1.165) is 42.3 Å². The fourth-order valence-corrected chi connectivity index (χ4v) is 3.85. The quantitative estimate of drug-likeness (QED) is 0.728. The maximum Gasteiger partial charge on any atom is 0.156 e. The molecule has 2 heterocycles. The van der Waals surface area contributed by atoms with Gasteiger partial charge in [0.25, 0.3) is 0 Å². The molecule has 0 saturated carbocycles. The van der Waals surface area contributed by atoms with Crippen molar-refractivity contribution in [1.29, 1.82) is 5.26 Å². The molecule has 0 amide bonds. The summed E-state index contributed by atoms with van der Waals surface area (Å²) in [5.74, 6) is 0.859. The zero-order valence-electron chi connectivity index (χ0n) is 16.1. The van der Waals surface area contributed by atoms with Crippen LogP contribution in [0.15, 0.2) is 36.4 Å². The summed E-state index contributed by atoms with van der Waals surface area (Å²) in [6, 6.07) is 13.5. The largest absolute Gasteiger partial charge is 0.507 e. The number of nitriles is 1. The Morgan fingerprint density at radius 2 is 2.04 bits per heavy atom. The highest BCUT2D eigenvalue weighted by Crippen LogP contribution is 2.35. The standard InChI is InChI=1S/C22H23N5O/c1-14-5-7-18(20(28)10-14)21-17-8-6-15(12-23)11-19(17)22(26-25-21)24-16-4-3-9-27(2)13-16/h5-8,10-11,16,28H,3-4,9,13H2,1-2H3,(H,24,26)/t16-/m1/s1. The summed E-state index contributed by atoms with van der Waals surface area (Å²) in [6.07, 6.45) is 2.21. The molecule has 1 fully saturated rings. The number of rotatable bonds is 3. The Balaban J connectivity index is 1.82. The van der Waals surface area contributed by atoms with Gasteiger partial charge >= 0.3 is 0 Å². The number of anilines is 1. The van der Waals surface area contributed by atoms with Crippen molar-refractivity contribution in [2.24, 2.45) is 0 Å². The zero-order valence-corrected chi connectivity index (χ0v) is 16.1. The molecule has 0 aliphatic carbocycles. The minimum absolute atomic E-state index is 0.176. The van der Waals surface area contributed by atoms with Crippen LogP contribution in [0.1, 0.15) is 24.0 Å². The van der Waals surface area contributed by atoms with E-state index >= 15 is 0 Å². The van der Waals surface area contributed by atoms with E-state index in [2.05, 4.69) is 33.5 Å². The number of likely N-dealkylation sites (N-methyl/N-ethyl adjacent to an activating group) is 1. The van der Waals surface area contributed by atoms with E-state index in [1.807, 2.05) is 31.2 Å². The number of benzene rings is 2. The number of phenolic OH excluding ortho intramolecular Hbond substituents is 1. The molecule has 6 nitrogen and oxygen atoms in total. The summed E-state index contributed by atoms with van der Waals surface area (Å²) >= 11 is 0. The van der Waals surface area contributed by atoms with Gasteiger partial charge in [-0.1, -0.05) is 12.1 Å². The molecule has 3 aromatic rings. The lowest BCUT2D eigenvalue weighted by molar-refractivity contribution is 0.261. The van der Waals surface area contributed by atoms with Crippen LogP contribution in [0.25, 0.3) is 22.0 Å². The van der Waals surface area contributed by atoms with E-state index < -0.39 is 0 Å². The fraction of sp³-hybridized carbons (Fsp3) is 0.318. The van der Waals surface area contributed by atoms with E-state index in [-0.39, 0.29) is 5.75 Å². The van der Waals surface area contributed by atoms with Gasteiger partial charge in [0.15, 0.2) is 5.82 Å². The maximum atomic E-state index is 10.4. The van der Waals surface area contributed by atoms with Gasteiger partial charge in [-0.3, -0.25) is 0 Å². The molecular formula is C22H23N5O. The van der Waals surface area contributed by atoms with Crippen molar-refractivity contribution in [3.05, 3.63) is 47.5 Å². The minimum Gasteiger partial charge on any atom is -0.507 e. The lowest BCUT2D eigenvalue weighted by atomic mass is 10.0. The van der Waals surface area contributed by atoms with E-state index in [1.54, 1.807) is 12.1 Å². The maximum absolute atomic E-state index is 10.4. The number of hydrogen-bond donors (Lipinski definition) is 2. The minimum atomic E-state index is 0.176. The first-order valence-electron chi connectivity index (χ1n) is 9.51. The van der Waals surface area contributed by atoms with Gasteiger partial charge in [-0.2, -0.15) is 5.26 Å². The first-order valence-corrected chi connectivity index (χ1v) is 9.51. The number of likely N-dealkylation sites (tertiary alicyclic amines) is 1. The molecule has 0 unspecified atom stereocenters. The number of aromatic nitrogens is 2.